The Kier molecular flexibility index (Phi) is 6.28. The van der Waals surface area contributed by atoms with Gasteiger partial charge in [-0.3, -0.25) is 9.67 Å². The summed E-state index contributed by atoms with van der Waals surface area (Å²) in [5, 5.41) is 21.5. The Labute approximate surface area is 215 Å². The van der Waals surface area contributed by atoms with Crippen LogP contribution >= 0.6 is 23.2 Å². The molecule has 1 aliphatic rings. The van der Waals surface area contributed by atoms with Crippen LogP contribution < -0.4 is 27.0 Å². The van der Waals surface area contributed by atoms with E-state index in [1.807, 2.05) is 19.2 Å². The third kappa shape index (κ3) is 4.24. The van der Waals surface area contributed by atoms with Crippen LogP contribution in [0.15, 0.2) is 54.6 Å². The maximum absolute atomic E-state index is 14.9. The van der Waals surface area contributed by atoms with Crippen molar-refractivity contribution in [3.8, 4) is 6.07 Å². The molecular weight excluding hydrogens is 504 g/mol. The van der Waals surface area contributed by atoms with Gasteiger partial charge in [0.15, 0.2) is 5.82 Å². The van der Waals surface area contributed by atoms with Gasteiger partial charge in [-0.2, -0.15) is 15.9 Å². The van der Waals surface area contributed by atoms with Gasteiger partial charge in [0, 0.05) is 36.7 Å². The van der Waals surface area contributed by atoms with Gasteiger partial charge in [0.05, 0.1) is 43.9 Å². The highest BCUT2D eigenvalue weighted by atomic mass is 35.5. The van der Waals surface area contributed by atoms with Crippen LogP contribution in [-0.4, -0.2) is 14.8 Å². The molecule has 5 N–H and O–H groups in total. The van der Waals surface area contributed by atoms with Crippen molar-refractivity contribution in [1.29, 1.82) is 5.26 Å². The number of anilines is 3. The summed E-state index contributed by atoms with van der Waals surface area (Å²) in [5.41, 5.74) is 12.9. The molecule has 0 saturated carbocycles. The molecule has 2 aromatic carbocycles. The molecule has 182 valence electrons. The van der Waals surface area contributed by atoms with Crippen LogP contribution in [0.3, 0.4) is 0 Å². The van der Waals surface area contributed by atoms with E-state index in [0.717, 1.165) is 11.4 Å². The molecule has 1 aliphatic heterocycles. The van der Waals surface area contributed by atoms with Crippen molar-refractivity contribution >= 4 is 51.2 Å². The van der Waals surface area contributed by atoms with Gasteiger partial charge in [-0.15, -0.1) is 0 Å². The van der Waals surface area contributed by atoms with Crippen molar-refractivity contribution in [2.24, 2.45) is 7.05 Å². The summed E-state index contributed by atoms with van der Waals surface area (Å²) in [7, 11) is 1.85. The fourth-order valence-corrected chi connectivity index (χ4v) is 4.43. The van der Waals surface area contributed by atoms with E-state index in [2.05, 4.69) is 43.2 Å². The molecule has 0 radical (unpaired) electrons. The summed E-state index contributed by atoms with van der Waals surface area (Å²) in [6.45, 7) is 1.72. The van der Waals surface area contributed by atoms with Gasteiger partial charge in [0.25, 0.3) is 0 Å². The fourth-order valence-electron chi connectivity index (χ4n) is 4.00. The minimum absolute atomic E-state index is 0.0100. The minimum Gasteiger partial charge on any atom is -0.371 e. The second kappa shape index (κ2) is 9.54. The molecular formula is C24H20Cl2FN9. The van der Waals surface area contributed by atoms with Crippen molar-refractivity contribution in [2.45, 2.75) is 13.0 Å². The van der Waals surface area contributed by atoms with Crippen LogP contribution in [0.4, 0.5) is 21.5 Å². The lowest BCUT2D eigenvalue weighted by atomic mass is 10.1. The first-order valence-electron chi connectivity index (χ1n) is 10.8. The highest BCUT2D eigenvalue weighted by Gasteiger charge is 2.23. The van der Waals surface area contributed by atoms with E-state index in [1.54, 1.807) is 42.2 Å². The molecule has 0 saturated heterocycles. The van der Waals surface area contributed by atoms with E-state index in [4.69, 9.17) is 23.2 Å². The second-order valence-corrected chi connectivity index (χ2v) is 8.93. The Morgan fingerprint density at radius 2 is 2.06 bits per heavy atom. The van der Waals surface area contributed by atoms with Gasteiger partial charge in [-0.05, 0) is 36.8 Å². The smallest absolute Gasteiger partial charge is 0.165 e. The third-order valence-corrected chi connectivity index (χ3v) is 6.62. The van der Waals surface area contributed by atoms with E-state index >= 15 is 0 Å². The zero-order chi connectivity index (χ0) is 25.4. The molecule has 5 rings (SSSR count). The summed E-state index contributed by atoms with van der Waals surface area (Å²) in [4.78, 5) is 4.37. The predicted octanol–water partition coefficient (Wildman–Crippen LogP) is 4.94. The predicted molar refractivity (Wildman–Crippen MR) is 138 cm³/mol. The topological polar surface area (TPSA) is 115 Å². The summed E-state index contributed by atoms with van der Waals surface area (Å²) in [5.74, 6) is -0.610. The van der Waals surface area contributed by atoms with E-state index in [9.17, 15) is 9.65 Å². The Hall–Kier alpha value is -4.04. The van der Waals surface area contributed by atoms with Crippen molar-refractivity contribution in [3.05, 3.63) is 87.3 Å². The lowest BCUT2D eigenvalue weighted by molar-refractivity contribution is 0.573. The number of aryl methyl sites for hydroxylation is 2. The standard InChI is InChI=1S/C24H20Cl2FN9/c1-12-3-4-17(21(27)20(12)26)33-22-13(9-28)10-29-23-15(22)7-14(8-16(23)25)32-24(18-11-30-35-34-18)19-5-6-31-36(19)2/h3-8,10-11,24,30,32,34-35H,1-2H3,(H,29,33)/t24-/m1/s1. The van der Waals surface area contributed by atoms with E-state index in [0.29, 0.717) is 32.9 Å². The summed E-state index contributed by atoms with van der Waals surface area (Å²) in [6.07, 6.45) is 4.90. The molecule has 4 aromatic rings. The van der Waals surface area contributed by atoms with Crippen LogP contribution in [0.25, 0.3) is 10.9 Å². The molecule has 0 fully saturated rings. The number of nitriles is 1. The molecule has 0 aliphatic carbocycles. The van der Waals surface area contributed by atoms with Crippen molar-refractivity contribution in [3.63, 3.8) is 0 Å². The lowest BCUT2D eigenvalue weighted by Gasteiger charge is -2.22. The molecule has 0 amide bonds. The van der Waals surface area contributed by atoms with E-state index in [-0.39, 0.29) is 22.3 Å². The van der Waals surface area contributed by atoms with Crippen LogP contribution in [0.5, 0.6) is 0 Å². The van der Waals surface area contributed by atoms with Gasteiger partial charge < -0.3 is 21.5 Å². The highest BCUT2D eigenvalue weighted by Crippen LogP contribution is 2.38. The van der Waals surface area contributed by atoms with E-state index in [1.165, 1.54) is 6.20 Å². The normalized spacial score (nSPS) is 13.5. The number of hydrogen-bond donors (Lipinski definition) is 5. The monoisotopic (exact) mass is 523 g/mol. The fraction of sp³-hybridized carbons (Fsp3) is 0.125. The number of benzene rings is 2. The van der Waals surface area contributed by atoms with Gasteiger partial charge >= 0.3 is 0 Å². The number of fused-ring (bicyclic) bond motifs is 1. The van der Waals surface area contributed by atoms with Crippen LogP contribution in [0.1, 0.15) is 22.9 Å². The average Bonchev–Trinajstić information content (AvgIpc) is 3.55. The number of pyridine rings is 1. The van der Waals surface area contributed by atoms with E-state index < -0.39 is 5.82 Å². The number of hydrazine groups is 2. The molecule has 12 heteroatoms. The molecule has 0 bridgehead atoms. The molecule has 0 unspecified atom stereocenters. The Balaban J connectivity index is 1.62. The van der Waals surface area contributed by atoms with Crippen LogP contribution in [0, 0.1) is 24.1 Å². The summed E-state index contributed by atoms with van der Waals surface area (Å²) >= 11 is 12.7. The molecule has 2 aromatic heterocycles. The second-order valence-electron chi connectivity index (χ2n) is 8.15. The van der Waals surface area contributed by atoms with Crippen molar-refractivity contribution in [2.75, 3.05) is 10.6 Å². The Morgan fingerprint density at radius 1 is 1.22 bits per heavy atom. The first-order valence-corrected chi connectivity index (χ1v) is 11.6. The molecule has 36 heavy (non-hydrogen) atoms. The van der Waals surface area contributed by atoms with Crippen LogP contribution in [-0.2, 0) is 7.05 Å². The average molecular weight is 524 g/mol. The summed E-state index contributed by atoms with van der Waals surface area (Å²) in [6, 6.07) is 10.5. The zero-order valence-corrected chi connectivity index (χ0v) is 20.6. The van der Waals surface area contributed by atoms with Gasteiger partial charge in [0.1, 0.15) is 12.1 Å². The maximum Gasteiger partial charge on any atom is 0.165 e. The minimum atomic E-state index is -0.610. The number of aromatic nitrogens is 3. The lowest BCUT2D eigenvalue weighted by Crippen LogP contribution is -2.34. The molecule has 9 nitrogen and oxygen atoms in total. The Morgan fingerprint density at radius 3 is 2.75 bits per heavy atom. The quantitative estimate of drug-likeness (QED) is 0.241. The Bertz CT molecular complexity index is 1560. The molecule has 0 spiro atoms. The number of rotatable bonds is 6. The number of nitrogens with zero attached hydrogens (tertiary/aromatic N) is 4. The number of hydrogen-bond acceptors (Lipinski definition) is 8. The van der Waals surface area contributed by atoms with Gasteiger partial charge in [-0.1, -0.05) is 29.3 Å². The number of nitrogens with one attached hydrogen (secondary N) is 5. The summed E-state index contributed by atoms with van der Waals surface area (Å²) < 4.78 is 16.7. The largest absolute Gasteiger partial charge is 0.371 e. The van der Waals surface area contributed by atoms with Gasteiger partial charge in [-0.25, -0.2) is 4.39 Å². The number of halogens is 3. The third-order valence-electron chi connectivity index (χ3n) is 5.86. The van der Waals surface area contributed by atoms with Crippen LogP contribution in [0.2, 0.25) is 10.0 Å². The SMILES string of the molecule is Cc1ccc(Nc2c(C#N)cnc3c(Cl)cc(N[C@H](C4=CNNN4)c4ccnn4C)cc23)c(F)c1Cl. The first kappa shape index (κ1) is 23.7. The molecule has 1 atom stereocenters. The van der Waals surface area contributed by atoms with Gasteiger partial charge in [0.2, 0.25) is 0 Å². The van der Waals surface area contributed by atoms with Crippen molar-refractivity contribution < 1.29 is 4.39 Å². The maximum atomic E-state index is 14.9. The zero-order valence-electron chi connectivity index (χ0n) is 19.1. The van der Waals surface area contributed by atoms with Crippen molar-refractivity contribution in [1.82, 2.24) is 31.2 Å². The first-order chi connectivity index (χ1) is 17.4. The highest BCUT2D eigenvalue weighted by molar-refractivity contribution is 6.36. The molecule has 3 heterocycles.